The predicted molar refractivity (Wildman–Crippen MR) is 96.5 cm³/mol. The van der Waals surface area contributed by atoms with Gasteiger partial charge in [0.15, 0.2) is 0 Å². The van der Waals surface area contributed by atoms with Gasteiger partial charge in [0, 0.05) is 31.9 Å². The summed E-state index contributed by atoms with van der Waals surface area (Å²) in [6.07, 6.45) is 2.77. The van der Waals surface area contributed by atoms with Crippen molar-refractivity contribution >= 4 is 21.7 Å². The van der Waals surface area contributed by atoms with Gasteiger partial charge in [-0.15, -0.1) is 0 Å². The first-order valence-corrected chi connectivity index (χ1v) is 10.0. The van der Waals surface area contributed by atoms with Crippen LogP contribution in [0.4, 0.5) is 10.5 Å². The lowest BCUT2D eigenvalue weighted by atomic mass is 10.3. The fourth-order valence-corrected chi connectivity index (χ4v) is 3.44. The van der Waals surface area contributed by atoms with E-state index in [1.807, 2.05) is 6.07 Å². The highest BCUT2D eigenvalue weighted by atomic mass is 32.2. The van der Waals surface area contributed by atoms with Crippen molar-refractivity contribution in [2.24, 2.45) is 0 Å². The van der Waals surface area contributed by atoms with Gasteiger partial charge in [-0.2, -0.15) is 4.31 Å². The lowest BCUT2D eigenvalue weighted by molar-refractivity contribution is 0.184. The van der Waals surface area contributed by atoms with Gasteiger partial charge in [0.05, 0.1) is 12.5 Å². The Morgan fingerprint density at radius 1 is 1.15 bits per heavy atom. The molecule has 1 aromatic carbocycles. The number of piperazine rings is 1. The molecule has 0 saturated carbocycles. The number of nitrogens with one attached hydrogen (secondary N) is 1. The van der Waals surface area contributed by atoms with Crippen LogP contribution in [-0.4, -0.2) is 56.1 Å². The second-order valence-electron chi connectivity index (χ2n) is 5.97. The molecular weight excluding hydrogens is 358 g/mol. The lowest BCUT2D eigenvalue weighted by Crippen LogP contribution is -2.51. The first kappa shape index (κ1) is 18.3. The highest BCUT2D eigenvalue weighted by Gasteiger charge is 2.25. The van der Waals surface area contributed by atoms with E-state index in [9.17, 15) is 13.2 Å². The van der Waals surface area contributed by atoms with E-state index >= 15 is 0 Å². The first-order valence-electron chi connectivity index (χ1n) is 8.18. The van der Waals surface area contributed by atoms with Crippen LogP contribution in [-0.2, 0) is 16.6 Å². The number of hydrogen-bond donors (Lipinski definition) is 1. The van der Waals surface area contributed by atoms with Crippen molar-refractivity contribution in [2.75, 3.05) is 37.8 Å². The Hall–Kier alpha value is -2.52. The number of amides is 2. The first-order chi connectivity index (χ1) is 12.4. The maximum atomic E-state index is 12.3. The Morgan fingerprint density at radius 2 is 1.85 bits per heavy atom. The number of anilines is 1. The van der Waals surface area contributed by atoms with Crippen LogP contribution >= 0.6 is 0 Å². The van der Waals surface area contributed by atoms with E-state index in [-0.39, 0.29) is 6.03 Å². The van der Waals surface area contributed by atoms with E-state index in [0.29, 0.717) is 44.2 Å². The fraction of sp³-hybridized carbons (Fsp3) is 0.353. The van der Waals surface area contributed by atoms with E-state index < -0.39 is 10.0 Å². The minimum absolute atomic E-state index is 0.248. The molecule has 0 spiro atoms. The summed E-state index contributed by atoms with van der Waals surface area (Å²) in [6, 6.07) is 10.4. The van der Waals surface area contributed by atoms with Crippen LogP contribution in [0.2, 0.25) is 0 Å². The number of ether oxygens (including phenoxy) is 1. The normalized spacial score (nSPS) is 15.7. The zero-order valence-electron chi connectivity index (χ0n) is 14.4. The molecule has 0 bridgehead atoms. The summed E-state index contributed by atoms with van der Waals surface area (Å²) >= 11 is 0. The summed E-state index contributed by atoms with van der Waals surface area (Å²) in [5.74, 6) is 1.40. The van der Waals surface area contributed by atoms with Crippen LogP contribution in [0.5, 0.6) is 5.75 Å². The van der Waals surface area contributed by atoms with Crippen LogP contribution in [0.1, 0.15) is 5.76 Å². The molecule has 0 aliphatic carbocycles. The molecule has 0 unspecified atom stereocenters. The van der Waals surface area contributed by atoms with E-state index in [2.05, 4.69) is 5.32 Å². The molecule has 1 aliphatic heterocycles. The zero-order valence-corrected chi connectivity index (χ0v) is 15.2. The highest BCUT2D eigenvalue weighted by molar-refractivity contribution is 7.88. The zero-order chi connectivity index (χ0) is 18.6. The number of hydrogen-bond acceptors (Lipinski definition) is 5. The van der Waals surface area contributed by atoms with E-state index in [1.54, 1.807) is 41.5 Å². The van der Waals surface area contributed by atoms with Gasteiger partial charge in [-0.25, -0.2) is 13.2 Å². The van der Waals surface area contributed by atoms with Gasteiger partial charge in [-0.3, -0.25) is 0 Å². The molecule has 8 nitrogen and oxygen atoms in total. The molecule has 1 fully saturated rings. The van der Waals surface area contributed by atoms with Crippen molar-refractivity contribution in [1.82, 2.24) is 9.21 Å². The highest BCUT2D eigenvalue weighted by Crippen LogP contribution is 2.18. The predicted octanol–water partition coefficient (Wildman–Crippen LogP) is 1.97. The SMILES string of the molecule is CS(=O)(=O)N1CCN(C(=O)Nc2ccc(OCc3ccco3)cc2)CC1. The molecule has 9 heteroatoms. The van der Waals surface area contributed by atoms with Crippen molar-refractivity contribution in [1.29, 1.82) is 0 Å². The minimum Gasteiger partial charge on any atom is -0.486 e. The van der Waals surface area contributed by atoms with Crippen LogP contribution < -0.4 is 10.1 Å². The summed E-state index contributed by atoms with van der Waals surface area (Å²) < 4.78 is 35.2. The van der Waals surface area contributed by atoms with Crippen molar-refractivity contribution in [3.05, 3.63) is 48.4 Å². The summed E-state index contributed by atoms with van der Waals surface area (Å²) in [5, 5.41) is 2.81. The van der Waals surface area contributed by atoms with Crippen LogP contribution in [0.15, 0.2) is 47.1 Å². The second-order valence-corrected chi connectivity index (χ2v) is 7.95. The Bertz CT molecular complexity index is 826. The molecular formula is C17H21N3O5S. The Balaban J connectivity index is 1.48. The van der Waals surface area contributed by atoms with Crippen LogP contribution in [0.3, 0.4) is 0 Å². The molecule has 0 atom stereocenters. The molecule has 1 aromatic heterocycles. The number of sulfonamides is 1. The maximum Gasteiger partial charge on any atom is 0.321 e. The Morgan fingerprint density at radius 3 is 2.42 bits per heavy atom. The van der Waals surface area contributed by atoms with E-state index in [1.165, 1.54) is 10.6 Å². The molecule has 1 aliphatic rings. The van der Waals surface area contributed by atoms with Crippen molar-refractivity contribution in [2.45, 2.75) is 6.61 Å². The third-order valence-electron chi connectivity index (χ3n) is 4.06. The number of urea groups is 1. The average Bonchev–Trinajstić information content (AvgIpc) is 3.14. The summed E-state index contributed by atoms with van der Waals surface area (Å²) in [7, 11) is -3.21. The van der Waals surface area contributed by atoms with Gasteiger partial charge in [0.1, 0.15) is 18.1 Å². The summed E-state index contributed by atoms with van der Waals surface area (Å²) in [6.45, 7) is 1.69. The van der Waals surface area contributed by atoms with Crippen molar-refractivity contribution < 1.29 is 22.4 Å². The summed E-state index contributed by atoms with van der Waals surface area (Å²) in [5.41, 5.74) is 0.644. The van der Waals surface area contributed by atoms with Gasteiger partial charge in [-0.1, -0.05) is 0 Å². The molecule has 26 heavy (non-hydrogen) atoms. The Kier molecular flexibility index (Phi) is 5.48. The van der Waals surface area contributed by atoms with E-state index in [0.717, 1.165) is 5.76 Å². The molecule has 2 aromatic rings. The van der Waals surface area contributed by atoms with Gasteiger partial charge in [0.25, 0.3) is 0 Å². The minimum atomic E-state index is -3.21. The second kappa shape index (κ2) is 7.79. The molecule has 2 heterocycles. The molecule has 3 rings (SSSR count). The molecule has 1 N–H and O–H groups in total. The maximum absolute atomic E-state index is 12.3. The fourth-order valence-electron chi connectivity index (χ4n) is 2.61. The van der Waals surface area contributed by atoms with E-state index in [4.69, 9.17) is 9.15 Å². The van der Waals surface area contributed by atoms with Crippen molar-refractivity contribution in [3.8, 4) is 5.75 Å². The molecule has 1 saturated heterocycles. The Labute approximate surface area is 152 Å². The topological polar surface area (TPSA) is 92.1 Å². The van der Waals surface area contributed by atoms with Gasteiger partial charge in [-0.05, 0) is 36.4 Å². The quantitative estimate of drug-likeness (QED) is 0.857. The summed E-state index contributed by atoms with van der Waals surface area (Å²) in [4.78, 5) is 13.9. The number of carbonyl (C=O) groups is 1. The third kappa shape index (κ3) is 4.77. The van der Waals surface area contributed by atoms with Crippen LogP contribution in [0, 0.1) is 0 Å². The molecule has 140 valence electrons. The third-order valence-corrected chi connectivity index (χ3v) is 5.36. The largest absolute Gasteiger partial charge is 0.486 e. The number of furan rings is 1. The number of rotatable bonds is 5. The van der Waals surface area contributed by atoms with Crippen LogP contribution in [0.25, 0.3) is 0 Å². The lowest BCUT2D eigenvalue weighted by Gasteiger charge is -2.33. The molecule has 2 amide bonds. The number of nitrogens with zero attached hydrogens (tertiary/aromatic N) is 2. The van der Waals surface area contributed by atoms with Gasteiger partial charge >= 0.3 is 6.03 Å². The number of benzene rings is 1. The van der Waals surface area contributed by atoms with Gasteiger partial charge in [0.2, 0.25) is 10.0 Å². The van der Waals surface area contributed by atoms with Crippen molar-refractivity contribution in [3.63, 3.8) is 0 Å². The monoisotopic (exact) mass is 379 g/mol. The standard InChI is InChI=1S/C17H21N3O5S/c1-26(22,23)20-10-8-19(9-11-20)17(21)18-14-4-6-15(7-5-14)25-13-16-3-2-12-24-16/h2-7,12H,8-11,13H2,1H3,(H,18,21). The molecule has 0 radical (unpaired) electrons. The number of carbonyl (C=O) groups excluding carboxylic acids is 1. The van der Waals surface area contributed by atoms with Gasteiger partial charge < -0.3 is 19.4 Å². The average molecular weight is 379 g/mol. The smallest absolute Gasteiger partial charge is 0.321 e.